The standard InChI is InChI=1S/C22H28N2O3S/c1-22(2,3)18-9-11-20(12-10-18)28(26,27)24-15-13-19(14-16-24)23-21(25)17-7-5-4-6-8-17/h4-12,19H,13-16H2,1-3H3,(H,23,25). The highest BCUT2D eigenvalue weighted by atomic mass is 32.2. The van der Waals surface area contributed by atoms with Crippen molar-refractivity contribution in [2.45, 2.75) is 50.0 Å². The maximum Gasteiger partial charge on any atom is 0.251 e. The summed E-state index contributed by atoms with van der Waals surface area (Å²) in [7, 11) is -3.51. The fraction of sp³-hybridized carbons (Fsp3) is 0.409. The van der Waals surface area contributed by atoms with E-state index < -0.39 is 10.0 Å². The van der Waals surface area contributed by atoms with E-state index in [0.29, 0.717) is 36.4 Å². The van der Waals surface area contributed by atoms with Crippen LogP contribution in [0.5, 0.6) is 0 Å². The van der Waals surface area contributed by atoms with Crippen LogP contribution in [0.3, 0.4) is 0 Å². The molecule has 1 aliphatic heterocycles. The number of hydrogen-bond donors (Lipinski definition) is 1. The van der Waals surface area contributed by atoms with Crippen LogP contribution in [-0.2, 0) is 15.4 Å². The summed E-state index contributed by atoms with van der Waals surface area (Å²) in [4.78, 5) is 12.6. The van der Waals surface area contributed by atoms with Crippen molar-refractivity contribution in [2.75, 3.05) is 13.1 Å². The highest BCUT2D eigenvalue weighted by Gasteiger charge is 2.30. The van der Waals surface area contributed by atoms with Crippen molar-refractivity contribution in [1.29, 1.82) is 0 Å². The summed E-state index contributed by atoms with van der Waals surface area (Å²) in [6, 6.07) is 16.2. The minimum absolute atomic E-state index is 0.0116. The molecule has 0 spiro atoms. The van der Waals surface area contributed by atoms with Gasteiger partial charge in [0.2, 0.25) is 10.0 Å². The first-order valence-corrected chi connectivity index (χ1v) is 11.1. The van der Waals surface area contributed by atoms with Crippen LogP contribution in [0, 0.1) is 0 Å². The highest BCUT2D eigenvalue weighted by Crippen LogP contribution is 2.26. The summed E-state index contributed by atoms with van der Waals surface area (Å²) in [5.74, 6) is -0.111. The van der Waals surface area contributed by atoms with E-state index in [0.717, 1.165) is 5.56 Å². The van der Waals surface area contributed by atoms with Gasteiger partial charge in [-0.3, -0.25) is 4.79 Å². The van der Waals surface area contributed by atoms with Gasteiger partial charge in [-0.25, -0.2) is 8.42 Å². The molecule has 1 N–H and O–H groups in total. The summed E-state index contributed by atoms with van der Waals surface area (Å²) in [5, 5.41) is 3.01. The third kappa shape index (κ3) is 4.62. The number of benzene rings is 2. The predicted octanol–water partition coefficient (Wildman–Crippen LogP) is 3.57. The molecule has 2 aromatic rings. The Bertz CT molecular complexity index is 909. The van der Waals surface area contributed by atoms with Crippen molar-refractivity contribution >= 4 is 15.9 Å². The molecule has 0 radical (unpaired) electrons. The molecular formula is C22H28N2O3S. The van der Waals surface area contributed by atoms with Crippen LogP contribution in [-0.4, -0.2) is 37.8 Å². The van der Waals surface area contributed by atoms with Crippen molar-refractivity contribution < 1.29 is 13.2 Å². The molecule has 28 heavy (non-hydrogen) atoms. The van der Waals surface area contributed by atoms with Crippen LogP contribution in [0.4, 0.5) is 0 Å². The van der Waals surface area contributed by atoms with Gasteiger partial charge in [-0.2, -0.15) is 4.31 Å². The molecule has 0 saturated carbocycles. The van der Waals surface area contributed by atoms with Crippen molar-refractivity contribution in [2.24, 2.45) is 0 Å². The smallest absolute Gasteiger partial charge is 0.251 e. The van der Waals surface area contributed by atoms with E-state index in [1.807, 2.05) is 30.3 Å². The lowest BCUT2D eigenvalue weighted by atomic mass is 9.87. The van der Waals surface area contributed by atoms with Crippen molar-refractivity contribution in [3.63, 3.8) is 0 Å². The number of piperidine rings is 1. The van der Waals surface area contributed by atoms with Gasteiger partial charge in [-0.15, -0.1) is 0 Å². The topological polar surface area (TPSA) is 66.5 Å². The summed E-state index contributed by atoms with van der Waals surface area (Å²) in [5.41, 5.74) is 1.71. The van der Waals surface area contributed by atoms with Gasteiger partial charge in [0, 0.05) is 24.7 Å². The van der Waals surface area contributed by atoms with E-state index in [9.17, 15) is 13.2 Å². The Morgan fingerprint density at radius 2 is 1.54 bits per heavy atom. The van der Waals surface area contributed by atoms with E-state index in [1.165, 1.54) is 4.31 Å². The lowest BCUT2D eigenvalue weighted by molar-refractivity contribution is 0.0924. The minimum atomic E-state index is -3.51. The van der Waals surface area contributed by atoms with Crippen LogP contribution in [0.15, 0.2) is 59.5 Å². The average molecular weight is 401 g/mol. The van der Waals surface area contributed by atoms with Gasteiger partial charge in [0.25, 0.3) is 5.91 Å². The number of carbonyl (C=O) groups excluding carboxylic acids is 1. The van der Waals surface area contributed by atoms with E-state index in [-0.39, 0.29) is 17.4 Å². The molecule has 1 saturated heterocycles. The average Bonchev–Trinajstić information content (AvgIpc) is 2.68. The van der Waals surface area contributed by atoms with Gasteiger partial charge in [0.15, 0.2) is 0 Å². The number of rotatable bonds is 4. The van der Waals surface area contributed by atoms with Crippen molar-refractivity contribution in [1.82, 2.24) is 9.62 Å². The molecule has 5 nitrogen and oxygen atoms in total. The fourth-order valence-electron chi connectivity index (χ4n) is 3.37. The molecule has 0 aromatic heterocycles. The maximum atomic E-state index is 12.9. The van der Waals surface area contributed by atoms with Crippen LogP contribution in [0.1, 0.15) is 49.5 Å². The second-order valence-corrected chi connectivity index (χ2v) is 10.2. The normalized spacial score (nSPS) is 16.7. The first kappa shape index (κ1) is 20.6. The summed E-state index contributed by atoms with van der Waals surface area (Å²) in [6.07, 6.45) is 1.22. The van der Waals surface area contributed by atoms with Crippen LogP contribution in [0.25, 0.3) is 0 Å². The molecule has 0 unspecified atom stereocenters. The number of nitrogens with zero attached hydrogens (tertiary/aromatic N) is 1. The summed E-state index contributed by atoms with van der Waals surface area (Å²) < 4.78 is 27.4. The Labute approximate surface area is 167 Å². The molecule has 3 rings (SSSR count). The molecule has 1 aliphatic rings. The molecule has 1 amide bonds. The van der Waals surface area contributed by atoms with Gasteiger partial charge in [-0.1, -0.05) is 51.1 Å². The minimum Gasteiger partial charge on any atom is -0.349 e. The first-order chi connectivity index (χ1) is 13.2. The van der Waals surface area contributed by atoms with Gasteiger partial charge in [-0.05, 0) is 48.1 Å². The third-order valence-corrected chi connectivity index (χ3v) is 7.10. The Morgan fingerprint density at radius 3 is 2.07 bits per heavy atom. The Hall–Kier alpha value is -2.18. The van der Waals surface area contributed by atoms with Crippen molar-refractivity contribution in [3.05, 3.63) is 65.7 Å². The lowest BCUT2D eigenvalue weighted by Crippen LogP contribution is -2.46. The zero-order valence-corrected chi connectivity index (χ0v) is 17.5. The number of hydrogen-bond acceptors (Lipinski definition) is 3. The number of carbonyl (C=O) groups is 1. The Balaban J connectivity index is 1.61. The zero-order valence-electron chi connectivity index (χ0n) is 16.7. The summed E-state index contributed by atoms with van der Waals surface area (Å²) in [6.45, 7) is 7.12. The van der Waals surface area contributed by atoms with E-state index in [2.05, 4.69) is 26.1 Å². The molecule has 0 atom stereocenters. The highest BCUT2D eigenvalue weighted by molar-refractivity contribution is 7.89. The quantitative estimate of drug-likeness (QED) is 0.853. The Kier molecular flexibility index (Phi) is 5.91. The lowest BCUT2D eigenvalue weighted by Gasteiger charge is -2.31. The second kappa shape index (κ2) is 8.05. The van der Waals surface area contributed by atoms with Crippen molar-refractivity contribution in [3.8, 4) is 0 Å². The molecule has 2 aromatic carbocycles. The van der Waals surface area contributed by atoms with Gasteiger partial charge in [0.1, 0.15) is 0 Å². The zero-order chi connectivity index (χ0) is 20.4. The molecule has 0 aliphatic carbocycles. The van der Waals surface area contributed by atoms with Crippen LogP contribution in [0.2, 0.25) is 0 Å². The monoisotopic (exact) mass is 400 g/mol. The first-order valence-electron chi connectivity index (χ1n) is 9.64. The summed E-state index contributed by atoms with van der Waals surface area (Å²) >= 11 is 0. The number of nitrogens with one attached hydrogen (secondary N) is 1. The van der Waals surface area contributed by atoms with Gasteiger partial charge in [0.05, 0.1) is 4.90 Å². The van der Waals surface area contributed by atoms with Crippen LogP contribution >= 0.6 is 0 Å². The molecule has 6 heteroatoms. The van der Waals surface area contributed by atoms with E-state index >= 15 is 0 Å². The van der Waals surface area contributed by atoms with E-state index in [1.54, 1.807) is 24.3 Å². The predicted molar refractivity (Wildman–Crippen MR) is 111 cm³/mol. The fourth-order valence-corrected chi connectivity index (χ4v) is 4.84. The molecule has 1 heterocycles. The number of amides is 1. The Morgan fingerprint density at radius 1 is 0.964 bits per heavy atom. The van der Waals surface area contributed by atoms with Crippen LogP contribution < -0.4 is 5.32 Å². The molecular weight excluding hydrogens is 372 g/mol. The molecule has 1 fully saturated rings. The molecule has 150 valence electrons. The molecule has 0 bridgehead atoms. The van der Waals surface area contributed by atoms with Gasteiger partial charge < -0.3 is 5.32 Å². The number of sulfonamides is 1. The third-order valence-electron chi connectivity index (χ3n) is 5.18. The second-order valence-electron chi connectivity index (χ2n) is 8.29. The van der Waals surface area contributed by atoms with Gasteiger partial charge >= 0.3 is 0 Å². The largest absolute Gasteiger partial charge is 0.349 e. The SMILES string of the molecule is CC(C)(C)c1ccc(S(=O)(=O)N2CCC(NC(=O)c3ccccc3)CC2)cc1. The van der Waals surface area contributed by atoms with E-state index in [4.69, 9.17) is 0 Å². The maximum absolute atomic E-state index is 12.9.